The van der Waals surface area contributed by atoms with Crippen molar-refractivity contribution in [2.45, 2.75) is 0 Å². The first-order valence-electron chi connectivity index (χ1n) is 4.91. The van der Waals surface area contributed by atoms with E-state index in [1.54, 1.807) is 19.2 Å². The van der Waals surface area contributed by atoms with Crippen LogP contribution in [0.3, 0.4) is 0 Å². The van der Waals surface area contributed by atoms with E-state index in [0.29, 0.717) is 22.4 Å². The number of aromatic nitrogens is 2. The first kappa shape index (κ1) is 11.3. The minimum Gasteiger partial charge on any atom is -0.493 e. The molecule has 6 heteroatoms. The highest BCUT2D eigenvalue weighted by Gasteiger charge is 2.20. The van der Waals surface area contributed by atoms with Crippen molar-refractivity contribution in [2.24, 2.45) is 7.05 Å². The molecule has 1 aromatic heterocycles. The molecule has 0 radical (unpaired) electrons. The van der Waals surface area contributed by atoms with Gasteiger partial charge in [0.05, 0.1) is 14.2 Å². The van der Waals surface area contributed by atoms with Crippen molar-refractivity contribution >= 4 is 16.9 Å². The van der Waals surface area contributed by atoms with Crippen LogP contribution in [0.2, 0.25) is 0 Å². The van der Waals surface area contributed by atoms with Crippen LogP contribution in [0.1, 0.15) is 10.5 Å². The Morgan fingerprint density at radius 2 is 2.06 bits per heavy atom. The average Bonchev–Trinajstić information content (AvgIpc) is 2.66. The molecule has 1 N–H and O–H groups in total. The minimum absolute atomic E-state index is 0.00320. The zero-order chi connectivity index (χ0) is 12.6. The predicted octanol–water partition coefficient (Wildman–Crippen LogP) is 1.29. The maximum atomic E-state index is 11.0. The molecule has 0 spiro atoms. The van der Waals surface area contributed by atoms with E-state index in [4.69, 9.17) is 14.6 Å². The first-order chi connectivity index (χ1) is 8.10. The molecule has 17 heavy (non-hydrogen) atoms. The number of hydrogen-bond donors (Lipinski definition) is 1. The van der Waals surface area contributed by atoms with Gasteiger partial charge >= 0.3 is 5.97 Å². The predicted molar refractivity (Wildman–Crippen MR) is 60.8 cm³/mol. The Morgan fingerprint density at radius 3 is 2.59 bits per heavy atom. The first-order valence-corrected chi connectivity index (χ1v) is 4.91. The number of nitrogens with zero attached hydrogens (tertiary/aromatic N) is 2. The summed E-state index contributed by atoms with van der Waals surface area (Å²) in [5, 5.41) is 13.5. The average molecular weight is 236 g/mol. The molecular formula is C11H12N2O4. The van der Waals surface area contributed by atoms with Crippen LogP contribution >= 0.6 is 0 Å². The normalized spacial score (nSPS) is 10.5. The number of carboxylic acid groups (broad SMARTS) is 1. The molecule has 1 aromatic carbocycles. The van der Waals surface area contributed by atoms with Gasteiger partial charge in [-0.15, -0.1) is 0 Å². The van der Waals surface area contributed by atoms with Crippen LogP contribution in [0.25, 0.3) is 10.9 Å². The Kier molecular flexibility index (Phi) is 2.63. The van der Waals surface area contributed by atoms with Gasteiger partial charge in [0, 0.05) is 12.4 Å². The summed E-state index contributed by atoms with van der Waals surface area (Å²) in [5.74, 6) is -0.0461. The zero-order valence-electron chi connectivity index (χ0n) is 9.72. The summed E-state index contributed by atoms with van der Waals surface area (Å²) in [6.45, 7) is 0. The van der Waals surface area contributed by atoms with E-state index in [-0.39, 0.29) is 5.69 Å². The fraction of sp³-hybridized carbons (Fsp3) is 0.273. The van der Waals surface area contributed by atoms with E-state index in [1.807, 2.05) is 0 Å². The Bertz CT molecular complexity index is 589. The van der Waals surface area contributed by atoms with Gasteiger partial charge in [-0.1, -0.05) is 0 Å². The number of ether oxygens (including phenoxy) is 2. The third-order valence-electron chi connectivity index (χ3n) is 2.55. The van der Waals surface area contributed by atoms with Crippen molar-refractivity contribution in [2.75, 3.05) is 14.2 Å². The summed E-state index contributed by atoms with van der Waals surface area (Å²) in [6.07, 6.45) is 0. The Morgan fingerprint density at radius 1 is 1.35 bits per heavy atom. The van der Waals surface area contributed by atoms with Crippen molar-refractivity contribution in [3.05, 3.63) is 17.8 Å². The molecule has 6 nitrogen and oxygen atoms in total. The minimum atomic E-state index is -1.07. The smallest absolute Gasteiger partial charge is 0.357 e. The maximum Gasteiger partial charge on any atom is 0.357 e. The van der Waals surface area contributed by atoms with Crippen LogP contribution in [0.4, 0.5) is 0 Å². The van der Waals surface area contributed by atoms with Crippen LogP contribution in [-0.4, -0.2) is 35.1 Å². The number of methoxy groups -OCH3 is 2. The van der Waals surface area contributed by atoms with E-state index in [0.717, 1.165) is 0 Å². The summed E-state index contributed by atoms with van der Waals surface area (Å²) in [6, 6.07) is 3.32. The molecule has 0 saturated heterocycles. The molecule has 0 saturated carbocycles. The largest absolute Gasteiger partial charge is 0.493 e. The second kappa shape index (κ2) is 3.97. The van der Waals surface area contributed by atoms with Gasteiger partial charge in [0.1, 0.15) is 5.52 Å². The van der Waals surface area contributed by atoms with Crippen LogP contribution < -0.4 is 9.47 Å². The molecule has 0 unspecified atom stereocenters. The molecule has 0 aliphatic rings. The van der Waals surface area contributed by atoms with Gasteiger partial charge in [-0.2, -0.15) is 5.10 Å². The Balaban J connectivity index is 2.86. The van der Waals surface area contributed by atoms with Crippen molar-refractivity contribution in [3.63, 3.8) is 0 Å². The summed E-state index contributed by atoms with van der Waals surface area (Å²) in [7, 11) is 4.69. The molecule has 2 rings (SSSR count). The number of rotatable bonds is 3. The molecule has 2 aromatic rings. The van der Waals surface area contributed by atoms with E-state index >= 15 is 0 Å². The van der Waals surface area contributed by atoms with Gasteiger partial charge in [0.25, 0.3) is 0 Å². The van der Waals surface area contributed by atoms with E-state index in [9.17, 15) is 4.79 Å². The van der Waals surface area contributed by atoms with Gasteiger partial charge in [-0.3, -0.25) is 4.68 Å². The summed E-state index contributed by atoms with van der Waals surface area (Å²) in [5.41, 5.74) is 0.604. The quantitative estimate of drug-likeness (QED) is 0.869. The Labute approximate surface area is 97.4 Å². The van der Waals surface area contributed by atoms with E-state index < -0.39 is 5.97 Å². The number of aryl methyl sites for hydroxylation is 1. The topological polar surface area (TPSA) is 73.6 Å². The van der Waals surface area contributed by atoms with Gasteiger partial charge in [-0.25, -0.2) is 4.79 Å². The van der Waals surface area contributed by atoms with Gasteiger partial charge in [0.15, 0.2) is 17.2 Å². The van der Waals surface area contributed by atoms with E-state index in [2.05, 4.69) is 5.10 Å². The number of fused-ring (bicyclic) bond motifs is 1. The SMILES string of the molecule is COc1ccc2c(C(=O)O)nn(C)c2c1OC. The third-order valence-corrected chi connectivity index (χ3v) is 2.55. The van der Waals surface area contributed by atoms with Crippen LogP contribution in [0.5, 0.6) is 11.5 Å². The van der Waals surface area contributed by atoms with Crippen LogP contribution in [0.15, 0.2) is 12.1 Å². The maximum absolute atomic E-state index is 11.0. The van der Waals surface area contributed by atoms with Gasteiger partial charge in [0.2, 0.25) is 0 Å². The molecule has 0 aliphatic carbocycles. The number of carbonyl (C=O) groups is 1. The number of benzene rings is 1. The lowest BCUT2D eigenvalue weighted by Gasteiger charge is -2.08. The van der Waals surface area contributed by atoms with Crippen LogP contribution in [-0.2, 0) is 7.05 Å². The molecular weight excluding hydrogens is 224 g/mol. The zero-order valence-corrected chi connectivity index (χ0v) is 9.72. The van der Waals surface area contributed by atoms with Gasteiger partial charge in [-0.05, 0) is 12.1 Å². The molecule has 90 valence electrons. The highest BCUT2D eigenvalue weighted by Crippen LogP contribution is 2.36. The van der Waals surface area contributed by atoms with Gasteiger partial charge < -0.3 is 14.6 Å². The lowest BCUT2D eigenvalue weighted by molar-refractivity contribution is 0.0691. The highest BCUT2D eigenvalue weighted by atomic mass is 16.5. The van der Waals surface area contributed by atoms with E-state index in [1.165, 1.54) is 18.9 Å². The molecule has 0 bridgehead atoms. The lowest BCUT2D eigenvalue weighted by atomic mass is 10.2. The standard InChI is InChI=1S/C11H12N2O4/c1-13-9-6(8(12-13)11(14)15)4-5-7(16-2)10(9)17-3/h4-5H,1-3H3,(H,14,15). The second-order valence-electron chi connectivity index (χ2n) is 3.47. The van der Waals surface area contributed by atoms with Crippen molar-refractivity contribution in [3.8, 4) is 11.5 Å². The number of hydrogen-bond acceptors (Lipinski definition) is 4. The molecule has 0 amide bonds. The summed E-state index contributed by atoms with van der Waals surface area (Å²) < 4.78 is 11.9. The number of aromatic carboxylic acids is 1. The fourth-order valence-corrected chi connectivity index (χ4v) is 1.83. The third kappa shape index (κ3) is 1.57. The highest BCUT2D eigenvalue weighted by molar-refractivity contribution is 6.03. The lowest BCUT2D eigenvalue weighted by Crippen LogP contribution is -1.99. The van der Waals surface area contributed by atoms with Crippen molar-refractivity contribution in [1.29, 1.82) is 0 Å². The summed E-state index contributed by atoms with van der Waals surface area (Å²) in [4.78, 5) is 11.0. The molecule has 0 fully saturated rings. The van der Waals surface area contributed by atoms with Crippen molar-refractivity contribution in [1.82, 2.24) is 9.78 Å². The van der Waals surface area contributed by atoms with Crippen LogP contribution in [0, 0.1) is 0 Å². The fourth-order valence-electron chi connectivity index (χ4n) is 1.83. The number of carboxylic acids is 1. The Hall–Kier alpha value is -2.24. The van der Waals surface area contributed by atoms with Crippen molar-refractivity contribution < 1.29 is 19.4 Å². The monoisotopic (exact) mass is 236 g/mol. The molecule has 0 aliphatic heterocycles. The summed E-state index contributed by atoms with van der Waals surface area (Å²) >= 11 is 0. The molecule has 1 heterocycles. The molecule has 0 atom stereocenters. The second-order valence-corrected chi connectivity index (χ2v) is 3.47.